The van der Waals surface area contributed by atoms with E-state index in [1.807, 2.05) is 12.1 Å². The summed E-state index contributed by atoms with van der Waals surface area (Å²) < 4.78 is 5.40. The van der Waals surface area contributed by atoms with Gasteiger partial charge in [0.05, 0.1) is 13.2 Å². The highest BCUT2D eigenvalue weighted by Gasteiger charge is 2.17. The van der Waals surface area contributed by atoms with Crippen LogP contribution >= 0.6 is 11.6 Å². The Bertz CT molecular complexity index is 296. The average molecular weight is 183 g/mol. The van der Waals surface area contributed by atoms with Crippen molar-refractivity contribution >= 4 is 11.6 Å². The van der Waals surface area contributed by atoms with Gasteiger partial charge < -0.3 is 4.74 Å². The van der Waals surface area contributed by atoms with Crippen molar-refractivity contribution in [3.8, 4) is 0 Å². The van der Waals surface area contributed by atoms with Gasteiger partial charge in [0.2, 0.25) is 0 Å². The molecule has 1 atom stereocenters. The second-order valence-corrected chi connectivity index (χ2v) is 3.63. The smallest absolute Gasteiger partial charge is 0.0734 e. The molecule has 1 aliphatic rings. The van der Waals surface area contributed by atoms with Crippen molar-refractivity contribution in [1.29, 1.82) is 0 Å². The van der Waals surface area contributed by atoms with Crippen LogP contribution in [0, 0.1) is 0 Å². The third-order valence-electron chi connectivity index (χ3n) is 2.30. The van der Waals surface area contributed by atoms with Gasteiger partial charge in [0.25, 0.3) is 0 Å². The quantitative estimate of drug-likeness (QED) is 0.600. The Morgan fingerprint density at radius 1 is 1.50 bits per heavy atom. The minimum atomic E-state index is 0.479. The highest BCUT2D eigenvalue weighted by atomic mass is 35.5. The summed E-state index contributed by atoms with van der Waals surface area (Å²) in [6.45, 7) is 3.64. The lowest BCUT2D eigenvalue weighted by atomic mass is 9.95. The Balaban J connectivity index is 2.52. The number of ether oxygens (including phenoxy) is 1. The van der Waals surface area contributed by atoms with Crippen LogP contribution in [0.2, 0.25) is 5.02 Å². The first-order chi connectivity index (χ1) is 5.79. The summed E-state index contributed by atoms with van der Waals surface area (Å²) >= 11 is 6.03. The van der Waals surface area contributed by atoms with E-state index in [4.69, 9.17) is 16.3 Å². The van der Waals surface area contributed by atoms with Gasteiger partial charge >= 0.3 is 0 Å². The first-order valence-electron chi connectivity index (χ1n) is 4.14. The third-order valence-corrected chi connectivity index (χ3v) is 2.65. The summed E-state index contributed by atoms with van der Waals surface area (Å²) in [5.41, 5.74) is 2.51. The molecule has 0 saturated heterocycles. The van der Waals surface area contributed by atoms with Gasteiger partial charge in [-0.2, -0.15) is 0 Å². The van der Waals surface area contributed by atoms with Crippen LogP contribution in [-0.2, 0) is 11.3 Å². The van der Waals surface area contributed by atoms with Crippen LogP contribution < -0.4 is 0 Å². The highest BCUT2D eigenvalue weighted by molar-refractivity contribution is 6.31. The fourth-order valence-corrected chi connectivity index (χ4v) is 1.85. The van der Waals surface area contributed by atoms with E-state index >= 15 is 0 Å². The summed E-state index contributed by atoms with van der Waals surface area (Å²) in [5, 5.41) is 0.832. The summed E-state index contributed by atoms with van der Waals surface area (Å²) in [5.74, 6) is 0.479. The SMILES string of the molecule is CC1COCc2c(Cl)cccc21. The molecule has 1 aliphatic heterocycles. The maximum atomic E-state index is 6.03. The maximum absolute atomic E-state index is 6.03. The van der Waals surface area contributed by atoms with Crippen molar-refractivity contribution in [1.82, 2.24) is 0 Å². The van der Waals surface area contributed by atoms with Crippen molar-refractivity contribution in [3.05, 3.63) is 34.3 Å². The van der Waals surface area contributed by atoms with E-state index in [1.54, 1.807) is 0 Å². The fourth-order valence-electron chi connectivity index (χ4n) is 1.62. The Kier molecular flexibility index (Phi) is 2.07. The van der Waals surface area contributed by atoms with Crippen LogP contribution in [0.3, 0.4) is 0 Å². The Morgan fingerprint density at radius 2 is 2.33 bits per heavy atom. The van der Waals surface area contributed by atoms with Gasteiger partial charge in [-0.1, -0.05) is 30.7 Å². The van der Waals surface area contributed by atoms with Crippen molar-refractivity contribution in [2.45, 2.75) is 19.4 Å². The van der Waals surface area contributed by atoms with Crippen LogP contribution in [0.25, 0.3) is 0 Å². The van der Waals surface area contributed by atoms with Gasteiger partial charge in [-0.25, -0.2) is 0 Å². The van der Waals surface area contributed by atoms with Crippen LogP contribution in [0.15, 0.2) is 18.2 Å². The van der Waals surface area contributed by atoms with Crippen molar-refractivity contribution < 1.29 is 4.74 Å². The second kappa shape index (κ2) is 3.08. The van der Waals surface area contributed by atoms with Crippen LogP contribution in [-0.4, -0.2) is 6.61 Å². The highest BCUT2D eigenvalue weighted by Crippen LogP contribution is 2.30. The lowest BCUT2D eigenvalue weighted by Gasteiger charge is -2.23. The Morgan fingerprint density at radius 3 is 3.08 bits per heavy atom. The van der Waals surface area contributed by atoms with Gasteiger partial charge in [-0.3, -0.25) is 0 Å². The molecule has 12 heavy (non-hydrogen) atoms. The first-order valence-corrected chi connectivity index (χ1v) is 4.52. The zero-order valence-electron chi connectivity index (χ0n) is 7.01. The maximum Gasteiger partial charge on any atom is 0.0734 e. The van der Waals surface area contributed by atoms with Crippen molar-refractivity contribution in [2.24, 2.45) is 0 Å². The molecule has 1 aromatic carbocycles. The molecule has 0 radical (unpaired) electrons. The van der Waals surface area contributed by atoms with E-state index in [0.29, 0.717) is 12.5 Å². The van der Waals surface area contributed by atoms with E-state index in [-0.39, 0.29) is 0 Å². The van der Waals surface area contributed by atoms with E-state index in [9.17, 15) is 0 Å². The van der Waals surface area contributed by atoms with E-state index in [2.05, 4.69) is 13.0 Å². The largest absolute Gasteiger partial charge is 0.376 e. The van der Waals surface area contributed by atoms with E-state index in [0.717, 1.165) is 17.2 Å². The monoisotopic (exact) mass is 182 g/mol. The molecule has 0 fully saturated rings. The molecule has 0 aromatic heterocycles. The van der Waals surface area contributed by atoms with Crippen LogP contribution in [0.4, 0.5) is 0 Å². The molecular formula is C10H11ClO. The second-order valence-electron chi connectivity index (χ2n) is 3.22. The molecule has 2 rings (SSSR count). The van der Waals surface area contributed by atoms with E-state index < -0.39 is 0 Å². The minimum Gasteiger partial charge on any atom is -0.376 e. The minimum absolute atomic E-state index is 0.479. The normalized spacial score (nSPS) is 22.0. The zero-order valence-corrected chi connectivity index (χ0v) is 7.77. The summed E-state index contributed by atoms with van der Waals surface area (Å²) in [6.07, 6.45) is 0. The number of rotatable bonds is 0. The molecule has 0 aliphatic carbocycles. The van der Waals surface area contributed by atoms with Gasteiger partial charge in [-0.15, -0.1) is 0 Å². The lowest BCUT2D eigenvalue weighted by molar-refractivity contribution is 0.0952. The van der Waals surface area contributed by atoms with Crippen LogP contribution in [0.1, 0.15) is 24.0 Å². The molecule has 0 saturated carbocycles. The Hall–Kier alpha value is -0.530. The molecule has 1 heterocycles. The van der Waals surface area contributed by atoms with Gasteiger partial charge in [0.15, 0.2) is 0 Å². The molecule has 1 aromatic rings. The molecule has 1 unspecified atom stereocenters. The van der Waals surface area contributed by atoms with Crippen molar-refractivity contribution in [2.75, 3.05) is 6.61 Å². The summed E-state index contributed by atoms with van der Waals surface area (Å²) in [6, 6.07) is 6.05. The Labute approximate surface area is 77.3 Å². The lowest BCUT2D eigenvalue weighted by Crippen LogP contribution is -2.14. The average Bonchev–Trinajstić information content (AvgIpc) is 2.07. The third kappa shape index (κ3) is 1.23. The number of hydrogen-bond donors (Lipinski definition) is 0. The zero-order chi connectivity index (χ0) is 8.55. The molecular weight excluding hydrogens is 172 g/mol. The molecule has 0 bridgehead atoms. The molecule has 64 valence electrons. The predicted octanol–water partition coefficient (Wildman–Crippen LogP) is 2.97. The number of benzene rings is 1. The summed E-state index contributed by atoms with van der Waals surface area (Å²) in [4.78, 5) is 0. The van der Waals surface area contributed by atoms with Gasteiger partial charge in [0, 0.05) is 10.9 Å². The topological polar surface area (TPSA) is 9.23 Å². The fraction of sp³-hybridized carbons (Fsp3) is 0.400. The molecule has 2 heteroatoms. The first kappa shape index (κ1) is 8.09. The van der Waals surface area contributed by atoms with Crippen molar-refractivity contribution in [3.63, 3.8) is 0 Å². The molecule has 1 nitrogen and oxygen atoms in total. The molecule has 0 spiro atoms. The molecule has 0 N–H and O–H groups in total. The van der Waals surface area contributed by atoms with E-state index in [1.165, 1.54) is 5.56 Å². The van der Waals surface area contributed by atoms with Gasteiger partial charge in [-0.05, 0) is 17.2 Å². The standard InChI is InChI=1S/C10H11ClO/c1-7-5-12-6-9-8(7)3-2-4-10(9)11/h2-4,7H,5-6H2,1H3. The molecule has 0 amide bonds. The summed E-state index contributed by atoms with van der Waals surface area (Å²) in [7, 11) is 0. The predicted molar refractivity (Wildman–Crippen MR) is 49.5 cm³/mol. The van der Waals surface area contributed by atoms with Crippen LogP contribution in [0.5, 0.6) is 0 Å². The number of fused-ring (bicyclic) bond motifs is 1. The number of halogens is 1. The van der Waals surface area contributed by atoms with Gasteiger partial charge in [0.1, 0.15) is 0 Å². The number of hydrogen-bond acceptors (Lipinski definition) is 1.